The van der Waals surface area contributed by atoms with Gasteiger partial charge in [-0.2, -0.15) is 0 Å². The number of carbonyl (C=O) groups is 1. The predicted molar refractivity (Wildman–Crippen MR) is 65.7 cm³/mol. The van der Waals surface area contributed by atoms with Gasteiger partial charge < -0.3 is 5.11 Å². The van der Waals surface area contributed by atoms with Crippen molar-refractivity contribution in [2.24, 2.45) is 0 Å². The summed E-state index contributed by atoms with van der Waals surface area (Å²) >= 11 is 0. The van der Waals surface area contributed by atoms with Crippen LogP contribution in [-0.2, 0) is 4.79 Å². The van der Waals surface area contributed by atoms with E-state index in [1.54, 1.807) is 0 Å². The van der Waals surface area contributed by atoms with Crippen LogP contribution in [0.3, 0.4) is 0 Å². The molecule has 0 aliphatic rings. The van der Waals surface area contributed by atoms with Gasteiger partial charge in [-0.3, -0.25) is 4.79 Å². The third-order valence-electron chi connectivity index (χ3n) is 2.65. The van der Waals surface area contributed by atoms with Gasteiger partial charge in [-0.25, -0.2) is 0 Å². The molecule has 0 amide bonds. The maximum Gasteiger partial charge on any atom is 0.304 e. The van der Waals surface area contributed by atoms with Gasteiger partial charge in [-0.05, 0) is 31.9 Å². The molecule has 0 radical (unpaired) electrons. The lowest BCUT2D eigenvalue weighted by Gasteiger charge is -2.14. The molecule has 86 valence electrons. The standard InChI is InChI=1S/C14H18O2/c1-4-5-12(9-14(15)16)13-8-10(2)6-7-11(13)3/h4-8,12H,9H2,1-3H3,(H,15,16)/b5-4+/t12-/m0/s1. The van der Waals surface area contributed by atoms with Gasteiger partial charge in [0.1, 0.15) is 0 Å². The summed E-state index contributed by atoms with van der Waals surface area (Å²) in [6.07, 6.45) is 4.01. The van der Waals surface area contributed by atoms with Crippen molar-refractivity contribution in [3.8, 4) is 0 Å². The summed E-state index contributed by atoms with van der Waals surface area (Å²) in [5.41, 5.74) is 3.43. The van der Waals surface area contributed by atoms with E-state index in [0.717, 1.165) is 11.1 Å². The lowest BCUT2D eigenvalue weighted by molar-refractivity contribution is -0.137. The zero-order valence-electron chi connectivity index (χ0n) is 10.0. The lowest BCUT2D eigenvalue weighted by atomic mass is 9.90. The second kappa shape index (κ2) is 5.50. The first kappa shape index (κ1) is 12.5. The van der Waals surface area contributed by atoms with E-state index in [1.165, 1.54) is 5.56 Å². The third-order valence-corrected chi connectivity index (χ3v) is 2.65. The van der Waals surface area contributed by atoms with E-state index in [2.05, 4.69) is 6.07 Å². The third kappa shape index (κ3) is 3.23. The average Bonchev–Trinajstić information content (AvgIpc) is 2.20. The second-order valence-corrected chi connectivity index (χ2v) is 4.09. The molecule has 0 bridgehead atoms. The highest BCUT2D eigenvalue weighted by atomic mass is 16.4. The number of carboxylic acids is 1. The molecular formula is C14H18O2. The molecule has 16 heavy (non-hydrogen) atoms. The normalized spacial score (nSPS) is 12.9. The van der Waals surface area contributed by atoms with Crippen LogP contribution in [0.2, 0.25) is 0 Å². The van der Waals surface area contributed by atoms with Crippen molar-refractivity contribution >= 4 is 5.97 Å². The van der Waals surface area contributed by atoms with Gasteiger partial charge in [0.2, 0.25) is 0 Å². The maximum atomic E-state index is 10.8. The highest BCUT2D eigenvalue weighted by Gasteiger charge is 2.14. The van der Waals surface area contributed by atoms with E-state index >= 15 is 0 Å². The first-order valence-corrected chi connectivity index (χ1v) is 5.46. The van der Waals surface area contributed by atoms with Crippen LogP contribution < -0.4 is 0 Å². The van der Waals surface area contributed by atoms with Crippen LogP contribution >= 0.6 is 0 Å². The molecule has 0 unspecified atom stereocenters. The molecule has 0 spiro atoms. The van der Waals surface area contributed by atoms with Crippen molar-refractivity contribution in [3.63, 3.8) is 0 Å². The fourth-order valence-corrected chi connectivity index (χ4v) is 1.86. The Morgan fingerprint density at radius 2 is 2.12 bits per heavy atom. The number of carboxylic acid groups (broad SMARTS) is 1. The second-order valence-electron chi connectivity index (χ2n) is 4.09. The summed E-state index contributed by atoms with van der Waals surface area (Å²) < 4.78 is 0. The minimum Gasteiger partial charge on any atom is -0.481 e. The zero-order valence-corrected chi connectivity index (χ0v) is 10.0. The zero-order chi connectivity index (χ0) is 12.1. The predicted octanol–water partition coefficient (Wildman–Crippen LogP) is 3.44. The minimum atomic E-state index is -0.760. The topological polar surface area (TPSA) is 37.3 Å². The summed E-state index contributed by atoms with van der Waals surface area (Å²) in [5, 5.41) is 8.90. The van der Waals surface area contributed by atoms with Crippen LogP contribution in [0.25, 0.3) is 0 Å². The van der Waals surface area contributed by atoms with E-state index < -0.39 is 5.97 Å². The highest BCUT2D eigenvalue weighted by molar-refractivity contribution is 5.68. The molecule has 1 rings (SSSR count). The van der Waals surface area contributed by atoms with Crippen molar-refractivity contribution in [1.82, 2.24) is 0 Å². The van der Waals surface area contributed by atoms with Crippen molar-refractivity contribution < 1.29 is 9.90 Å². The smallest absolute Gasteiger partial charge is 0.304 e. The Bertz CT molecular complexity index is 405. The Balaban J connectivity index is 3.09. The Morgan fingerprint density at radius 3 is 2.69 bits per heavy atom. The number of aliphatic carboxylic acids is 1. The molecule has 0 saturated heterocycles. The van der Waals surface area contributed by atoms with Crippen LogP contribution in [-0.4, -0.2) is 11.1 Å². The molecule has 1 atom stereocenters. The molecule has 2 heteroatoms. The van der Waals surface area contributed by atoms with E-state index in [9.17, 15) is 4.79 Å². The molecule has 0 fully saturated rings. The number of rotatable bonds is 4. The molecule has 0 aromatic heterocycles. The Labute approximate surface area is 96.6 Å². The summed E-state index contributed by atoms with van der Waals surface area (Å²) in [6, 6.07) is 6.16. The van der Waals surface area contributed by atoms with Crippen molar-refractivity contribution in [2.75, 3.05) is 0 Å². The molecule has 2 nitrogen and oxygen atoms in total. The van der Waals surface area contributed by atoms with Gasteiger partial charge in [-0.1, -0.05) is 35.9 Å². The van der Waals surface area contributed by atoms with Crippen LogP contribution in [0.5, 0.6) is 0 Å². The first-order valence-electron chi connectivity index (χ1n) is 5.46. The molecule has 0 aliphatic carbocycles. The Kier molecular flexibility index (Phi) is 4.29. The average molecular weight is 218 g/mol. The monoisotopic (exact) mass is 218 g/mol. The van der Waals surface area contributed by atoms with Gasteiger partial charge >= 0.3 is 5.97 Å². The van der Waals surface area contributed by atoms with E-state index in [4.69, 9.17) is 5.11 Å². The summed E-state index contributed by atoms with van der Waals surface area (Å²) in [5.74, 6) is -0.786. The van der Waals surface area contributed by atoms with Crippen molar-refractivity contribution in [3.05, 3.63) is 47.0 Å². The fourth-order valence-electron chi connectivity index (χ4n) is 1.86. The van der Waals surface area contributed by atoms with Crippen LogP contribution in [0.15, 0.2) is 30.4 Å². The van der Waals surface area contributed by atoms with Gasteiger partial charge in [0.25, 0.3) is 0 Å². The molecule has 1 aromatic rings. The minimum absolute atomic E-state index is 0.0256. The van der Waals surface area contributed by atoms with E-state index in [0.29, 0.717) is 0 Å². The number of hydrogen-bond acceptors (Lipinski definition) is 1. The lowest BCUT2D eigenvalue weighted by Crippen LogP contribution is -2.06. The van der Waals surface area contributed by atoms with Crippen molar-refractivity contribution in [1.29, 1.82) is 0 Å². The summed E-state index contributed by atoms with van der Waals surface area (Å²) in [7, 11) is 0. The molecule has 0 aliphatic heterocycles. The molecule has 0 saturated carbocycles. The maximum absolute atomic E-state index is 10.8. The first-order chi connectivity index (χ1) is 7.54. The molecule has 0 heterocycles. The summed E-state index contributed by atoms with van der Waals surface area (Å²) in [4.78, 5) is 10.8. The quantitative estimate of drug-likeness (QED) is 0.786. The number of aryl methyl sites for hydroxylation is 2. The van der Waals surface area contributed by atoms with Gasteiger partial charge in [0.15, 0.2) is 0 Å². The Hall–Kier alpha value is -1.57. The van der Waals surface area contributed by atoms with Gasteiger partial charge in [0, 0.05) is 5.92 Å². The largest absolute Gasteiger partial charge is 0.481 e. The molecule has 1 aromatic carbocycles. The fraction of sp³-hybridized carbons (Fsp3) is 0.357. The summed E-state index contributed by atoms with van der Waals surface area (Å²) in [6.45, 7) is 5.96. The van der Waals surface area contributed by atoms with Gasteiger partial charge in [0.05, 0.1) is 6.42 Å². The number of allylic oxidation sites excluding steroid dienone is 2. The van der Waals surface area contributed by atoms with Gasteiger partial charge in [-0.15, -0.1) is 0 Å². The Morgan fingerprint density at radius 1 is 1.44 bits per heavy atom. The molecule has 1 N–H and O–H groups in total. The van der Waals surface area contributed by atoms with E-state index in [1.807, 2.05) is 45.1 Å². The van der Waals surface area contributed by atoms with Crippen LogP contribution in [0.1, 0.15) is 36.0 Å². The highest BCUT2D eigenvalue weighted by Crippen LogP contribution is 2.25. The molecular weight excluding hydrogens is 200 g/mol. The SMILES string of the molecule is C/C=C/[C@@H](CC(=O)O)c1cc(C)ccc1C. The van der Waals surface area contributed by atoms with Crippen LogP contribution in [0.4, 0.5) is 0 Å². The van der Waals surface area contributed by atoms with Crippen LogP contribution in [0, 0.1) is 13.8 Å². The number of hydrogen-bond donors (Lipinski definition) is 1. The van der Waals surface area contributed by atoms with E-state index in [-0.39, 0.29) is 12.3 Å². The number of benzene rings is 1. The van der Waals surface area contributed by atoms with Crippen molar-refractivity contribution in [2.45, 2.75) is 33.1 Å².